The maximum atomic E-state index is 6.15. The van der Waals surface area contributed by atoms with Crippen LogP contribution in [0.1, 0.15) is 22.9 Å². The highest BCUT2D eigenvalue weighted by atomic mass is 79.9. The van der Waals surface area contributed by atoms with Crippen LogP contribution in [-0.4, -0.2) is 6.61 Å². The molecular formula is C15H12Br3ClO. The number of benzene rings is 2. The van der Waals surface area contributed by atoms with Gasteiger partial charge < -0.3 is 4.74 Å². The minimum Gasteiger partial charge on any atom is -0.493 e. The average Bonchev–Trinajstić information content (AvgIpc) is 2.43. The van der Waals surface area contributed by atoms with E-state index in [9.17, 15) is 0 Å². The molecule has 0 aliphatic heterocycles. The first kappa shape index (κ1) is 16.3. The average molecular weight is 483 g/mol. The predicted octanol–water partition coefficient (Wildman–Crippen LogP) is 6.75. The van der Waals surface area contributed by atoms with Crippen molar-refractivity contribution in [3.63, 3.8) is 0 Å². The highest BCUT2D eigenvalue weighted by molar-refractivity contribution is 9.11. The lowest BCUT2D eigenvalue weighted by molar-refractivity contribution is 0.338. The Bertz CT molecular complexity index is 616. The van der Waals surface area contributed by atoms with Crippen molar-refractivity contribution in [2.24, 2.45) is 0 Å². The Morgan fingerprint density at radius 1 is 1.05 bits per heavy atom. The van der Waals surface area contributed by atoms with Gasteiger partial charge in [-0.1, -0.05) is 39.7 Å². The Labute approximate surface area is 149 Å². The zero-order valence-electron chi connectivity index (χ0n) is 10.7. The van der Waals surface area contributed by atoms with Crippen molar-refractivity contribution in [1.29, 1.82) is 0 Å². The van der Waals surface area contributed by atoms with E-state index >= 15 is 0 Å². The molecular weight excluding hydrogens is 471 g/mol. The molecule has 0 saturated heterocycles. The van der Waals surface area contributed by atoms with E-state index in [1.54, 1.807) is 0 Å². The van der Waals surface area contributed by atoms with E-state index in [0.29, 0.717) is 11.6 Å². The normalized spacial score (nSPS) is 12.2. The lowest BCUT2D eigenvalue weighted by Crippen LogP contribution is -1.96. The molecule has 0 amide bonds. The fraction of sp³-hybridized carbons (Fsp3) is 0.200. The molecule has 1 nitrogen and oxygen atoms in total. The summed E-state index contributed by atoms with van der Waals surface area (Å²) in [6, 6.07) is 12.0. The van der Waals surface area contributed by atoms with Crippen LogP contribution in [0.15, 0.2) is 45.3 Å². The van der Waals surface area contributed by atoms with Gasteiger partial charge in [-0.25, -0.2) is 0 Å². The van der Waals surface area contributed by atoms with E-state index in [1.807, 2.05) is 37.3 Å². The first-order valence-corrected chi connectivity index (χ1v) is 8.92. The van der Waals surface area contributed by atoms with Gasteiger partial charge in [-0.15, -0.1) is 0 Å². The molecule has 0 radical (unpaired) electrons. The summed E-state index contributed by atoms with van der Waals surface area (Å²) in [5.74, 6) is 0.852. The van der Waals surface area contributed by atoms with Crippen LogP contribution in [0, 0.1) is 0 Å². The number of hydrogen-bond donors (Lipinski definition) is 0. The monoisotopic (exact) mass is 480 g/mol. The fourth-order valence-corrected chi connectivity index (χ4v) is 3.33. The van der Waals surface area contributed by atoms with Gasteiger partial charge in [-0.2, -0.15) is 0 Å². The van der Waals surface area contributed by atoms with Crippen molar-refractivity contribution in [1.82, 2.24) is 0 Å². The molecule has 0 aliphatic carbocycles. The maximum Gasteiger partial charge on any atom is 0.133 e. The fourth-order valence-electron chi connectivity index (χ4n) is 1.81. The Kier molecular flexibility index (Phi) is 5.96. The number of hydrogen-bond acceptors (Lipinski definition) is 1. The van der Waals surface area contributed by atoms with Gasteiger partial charge in [0.15, 0.2) is 0 Å². The van der Waals surface area contributed by atoms with Gasteiger partial charge in [-0.3, -0.25) is 0 Å². The van der Waals surface area contributed by atoms with Gasteiger partial charge in [0.1, 0.15) is 5.75 Å². The van der Waals surface area contributed by atoms with Crippen LogP contribution in [0.3, 0.4) is 0 Å². The molecule has 0 heterocycles. The third-order valence-electron chi connectivity index (χ3n) is 2.78. The van der Waals surface area contributed by atoms with E-state index in [2.05, 4.69) is 53.9 Å². The molecule has 2 rings (SSSR count). The zero-order valence-corrected chi connectivity index (χ0v) is 16.2. The van der Waals surface area contributed by atoms with Crippen LogP contribution in [-0.2, 0) is 0 Å². The first-order chi connectivity index (χ1) is 9.52. The van der Waals surface area contributed by atoms with Crippen LogP contribution in [0.5, 0.6) is 5.75 Å². The summed E-state index contributed by atoms with van der Waals surface area (Å²) in [5.41, 5.74) is 2.24. The molecule has 20 heavy (non-hydrogen) atoms. The SMILES string of the molecule is CCOc1ccc(C(Br)c2ccc(Br)c(Cl)c2)cc1Br. The van der Waals surface area contributed by atoms with Crippen LogP contribution in [0.2, 0.25) is 5.02 Å². The van der Waals surface area contributed by atoms with Gasteiger partial charge in [0.05, 0.1) is 20.9 Å². The number of rotatable bonds is 4. The number of halogens is 4. The summed E-state index contributed by atoms with van der Waals surface area (Å²) >= 11 is 16.8. The molecule has 5 heteroatoms. The smallest absolute Gasteiger partial charge is 0.133 e. The highest BCUT2D eigenvalue weighted by Crippen LogP contribution is 2.37. The van der Waals surface area contributed by atoms with Crippen molar-refractivity contribution in [2.75, 3.05) is 6.61 Å². The Morgan fingerprint density at radius 2 is 1.70 bits per heavy atom. The molecule has 0 bridgehead atoms. The molecule has 0 spiro atoms. The first-order valence-electron chi connectivity index (χ1n) is 6.04. The highest BCUT2D eigenvalue weighted by Gasteiger charge is 2.13. The van der Waals surface area contributed by atoms with E-state index in [0.717, 1.165) is 25.8 Å². The van der Waals surface area contributed by atoms with Crippen molar-refractivity contribution in [2.45, 2.75) is 11.8 Å². The van der Waals surface area contributed by atoms with Gasteiger partial charge in [-0.05, 0) is 74.2 Å². The van der Waals surface area contributed by atoms with Gasteiger partial charge in [0.25, 0.3) is 0 Å². The molecule has 2 aromatic rings. The van der Waals surface area contributed by atoms with Gasteiger partial charge in [0.2, 0.25) is 0 Å². The standard InChI is InChI=1S/C15H12Br3ClO/c1-2-20-14-6-4-9(7-12(14)17)15(18)10-3-5-11(16)13(19)8-10/h3-8,15H,2H2,1H3. The lowest BCUT2D eigenvalue weighted by atomic mass is 10.0. The van der Waals surface area contributed by atoms with Crippen molar-refractivity contribution < 1.29 is 4.74 Å². The summed E-state index contributed by atoms with van der Waals surface area (Å²) in [7, 11) is 0. The minimum absolute atomic E-state index is 0.0834. The van der Waals surface area contributed by atoms with Crippen LogP contribution in [0.25, 0.3) is 0 Å². The Morgan fingerprint density at radius 3 is 2.30 bits per heavy atom. The second-order valence-electron chi connectivity index (χ2n) is 4.16. The summed E-state index contributed by atoms with van der Waals surface area (Å²) in [6.07, 6.45) is 0. The topological polar surface area (TPSA) is 9.23 Å². The third-order valence-corrected chi connectivity index (χ3v) is 5.69. The Hall–Kier alpha value is -0.0300. The van der Waals surface area contributed by atoms with Gasteiger partial charge >= 0.3 is 0 Å². The van der Waals surface area contributed by atoms with Crippen molar-refractivity contribution in [3.8, 4) is 5.75 Å². The summed E-state index contributed by atoms with van der Waals surface area (Å²) in [6.45, 7) is 2.62. The summed E-state index contributed by atoms with van der Waals surface area (Å²) in [5, 5.41) is 0.706. The molecule has 1 unspecified atom stereocenters. The van der Waals surface area contributed by atoms with Gasteiger partial charge in [0, 0.05) is 4.47 Å². The molecule has 106 valence electrons. The van der Waals surface area contributed by atoms with Crippen LogP contribution < -0.4 is 4.74 Å². The second-order valence-corrected chi connectivity index (χ2v) is 7.19. The molecule has 0 fully saturated rings. The predicted molar refractivity (Wildman–Crippen MR) is 95.2 cm³/mol. The van der Waals surface area contributed by atoms with Crippen molar-refractivity contribution >= 4 is 59.4 Å². The van der Waals surface area contributed by atoms with E-state index in [-0.39, 0.29) is 4.83 Å². The second kappa shape index (κ2) is 7.30. The Balaban J connectivity index is 2.30. The molecule has 0 aromatic heterocycles. The molecule has 0 saturated carbocycles. The molecule has 2 aromatic carbocycles. The molecule has 0 aliphatic rings. The van der Waals surface area contributed by atoms with E-state index in [4.69, 9.17) is 16.3 Å². The van der Waals surface area contributed by atoms with Crippen LogP contribution >= 0.6 is 59.4 Å². The summed E-state index contributed by atoms with van der Waals surface area (Å²) < 4.78 is 7.37. The third kappa shape index (κ3) is 3.79. The van der Waals surface area contributed by atoms with Crippen molar-refractivity contribution in [3.05, 3.63) is 61.5 Å². The number of ether oxygens (including phenoxy) is 1. The van der Waals surface area contributed by atoms with E-state index < -0.39 is 0 Å². The quantitative estimate of drug-likeness (QED) is 0.438. The largest absolute Gasteiger partial charge is 0.493 e. The maximum absolute atomic E-state index is 6.15. The van der Waals surface area contributed by atoms with Crippen LogP contribution in [0.4, 0.5) is 0 Å². The summed E-state index contributed by atoms with van der Waals surface area (Å²) in [4.78, 5) is 0.0834. The number of alkyl halides is 1. The minimum atomic E-state index is 0.0834. The zero-order chi connectivity index (χ0) is 14.7. The van der Waals surface area contributed by atoms with E-state index in [1.165, 1.54) is 0 Å². The molecule has 1 atom stereocenters. The lowest BCUT2D eigenvalue weighted by Gasteiger charge is -2.14. The molecule has 0 N–H and O–H groups in total.